The summed E-state index contributed by atoms with van der Waals surface area (Å²) in [6, 6.07) is 14.6. The average molecular weight is 471 g/mol. The maximum absolute atomic E-state index is 12.7. The molecule has 148 valence electrons. The van der Waals surface area contributed by atoms with Crippen molar-refractivity contribution in [1.29, 1.82) is 0 Å². The topological polar surface area (TPSA) is 66.5 Å². The number of hydrogen-bond donors (Lipinski definition) is 1. The van der Waals surface area contributed by atoms with Crippen LogP contribution in [0.2, 0.25) is 0 Å². The standard InChI is InChI=1S/C22H19BrN2O3S/c23-14-5-7-15(8-6-14)24-20(26)13-29-17-11-9-16(10-12-17)25-21(27)18-3-1-2-4-19(18)22(25)28/h1-2,5-12,18-19H,3-4,13H2,(H,24,26)/t18-,19-/m0/s1. The van der Waals surface area contributed by atoms with E-state index in [1.54, 1.807) is 12.1 Å². The number of anilines is 2. The van der Waals surface area contributed by atoms with E-state index in [0.717, 1.165) is 15.1 Å². The summed E-state index contributed by atoms with van der Waals surface area (Å²) in [6.07, 6.45) is 5.23. The molecule has 7 heteroatoms. The lowest BCUT2D eigenvalue weighted by Gasteiger charge is -2.15. The van der Waals surface area contributed by atoms with Crippen LogP contribution in [0.4, 0.5) is 11.4 Å². The molecule has 2 aliphatic rings. The Hall–Kier alpha value is -2.38. The van der Waals surface area contributed by atoms with E-state index in [-0.39, 0.29) is 35.3 Å². The minimum absolute atomic E-state index is 0.0946. The number of nitrogens with one attached hydrogen (secondary N) is 1. The largest absolute Gasteiger partial charge is 0.325 e. The minimum Gasteiger partial charge on any atom is -0.325 e. The van der Waals surface area contributed by atoms with E-state index in [4.69, 9.17) is 0 Å². The average Bonchev–Trinajstić information content (AvgIpc) is 2.99. The molecule has 1 aliphatic heterocycles. The summed E-state index contributed by atoms with van der Waals surface area (Å²) in [6.45, 7) is 0. The normalized spacial score (nSPS) is 20.7. The van der Waals surface area contributed by atoms with Crippen molar-refractivity contribution in [1.82, 2.24) is 0 Å². The summed E-state index contributed by atoms with van der Waals surface area (Å²) in [5.74, 6) is -0.514. The molecule has 2 aromatic carbocycles. The van der Waals surface area contributed by atoms with Crippen LogP contribution < -0.4 is 10.2 Å². The number of carbonyl (C=O) groups is 3. The van der Waals surface area contributed by atoms with Crippen molar-refractivity contribution >= 4 is 56.8 Å². The van der Waals surface area contributed by atoms with E-state index in [0.29, 0.717) is 18.5 Å². The zero-order valence-electron chi connectivity index (χ0n) is 15.5. The molecular formula is C22H19BrN2O3S. The Bertz CT molecular complexity index is 947. The van der Waals surface area contributed by atoms with Gasteiger partial charge in [0, 0.05) is 15.1 Å². The summed E-state index contributed by atoms with van der Waals surface area (Å²) in [4.78, 5) is 39.7. The molecule has 0 aromatic heterocycles. The first-order chi connectivity index (χ1) is 14.0. The van der Waals surface area contributed by atoms with Gasteiger partial charge in [-0.2, -0.15) is 0 Å². The van der Waals surface area contributed by atoms with Gasteiger partial charge in [-0.3, -0.25) is 19.3 Å². The first-order valence-electron chi connectivity index (χ1n) is 9.34. The van der Waals surface area contributed by atoms with Crippen LogP contribution in [0, 0.1) is 11.8 Å². The molecule has 1 fully saturated rings. The van der Waals surface area contributed by atoms with Crippen LogP contribution in [0.25, 0.3) is 0 Å². The number of nitrogens with zero attached hydrogens (tertiary/aromatic N) is 1. The highest BCUT2D eigenvalue weighted by Crippen LogP contribution is 2.38. The lowest BCUT2D eigenvalue weighted by Crippen LogP contribution is -2.30. The van der Waals surface area contributed by atoms with Crippen molar-refractivity contribution in [3.63, 3.8) is 0 Å². The molecule has 1 N–H and O–H groups in total. The van der Waals surface area contributed by atoms with Gasteiger partial charge in [-0.05, 0) is 61.4 Å². The number of amides is 3. The summed E-state index contributed by atoms with van der Waals surface area (Å²) >= 11 is 4.77. The molecule has 1 saturated heterocycles. The second-order valence-electron chi connectivity index (χ2n) is 7.01. The number of allylic oxidation sites excluding steroid dienone is 2. The van der Waals surface area contributed by atoms with Crippen molar-refractivity contribution in [2.24, 2.45) is 11.8 Å². The number of imide groups is 1. The molecule has 2 aromatic rings. The highest BCUT2D eigenvalue weighted by Gasteiger charge is 2.47. The first-order valence-corrected chi connectivity index (χ1v) is 11.1. The van der Waals surface area contributed by atoms with Gasteiger partial charge in [0.1, 0.15) is 0 Å². The summed E-state index contributed by atoms with van der Waals surface area (Å²) < 4.78 is 0.954. The Labute approximate surface area is 181 Å². The van der Waals surface area contributed by atoms with Crippen molar-refractivity contribution < 1.29 is 14.4 Å². The van der Waals surface area contributed by atoms with Crippen molar-refractivity contribution in [3.05, 3.63) is 65.2 Å². The molecule has 1 heterocycles. The highest BCUT2D eigenvalue weighted by atomic mass is 79.9. The SMILES string of the molecule is O=C(CSc1ccc(N2C(=O)[C@H]3CC=CC[C@@H]3C2=O)cc1)Nc1ccc(Br)cc1. The van der Waals surface area contributed by atoms with Gasteiger partial charge in [-0.25, -0.2) is 0 Å². The van der Waals surface area contributed by atoms with Gasteiger partial charge in [0.15, 0.2) is 0 Å². The van der Waals surface area contributed by atoms with Crippen LogP contribution >= 0.6 is 27.7 Å². The molecule has 0 saturated carbocycles. The van der Waals surface area contributed by atoms with Gasteiger partial charge in [0.2, 0.25) is 17.7 Å². The van der Waals surface area contributed by atoms with Crippen LogP contribution in [0.3, 0.4) is 0 Å². The fourth-order valence-corrected chi connectivity index (χ4v) is 4.59. The van der Waals surface area contributed by atoms with Crippen LogP contribution in [0.5, 0.6) is 0 Å². The van der Waals surface area contributed by atoms with E-state index in [2.05, 4.69) is 21.2 Å². The van der Waals surface area contributed by atoms with Crippen LogP contribution in [-0.4, -0.2) is 23.5 Å². The van der Waals surface area contributed by atoms with E-state index < -0.39 is 0 Å². The highest BCUT2D eigenvalue weighted by molar-refractivity contribution is 9.10. The Balaban J connectivity index is 1.36. The van der Waals surface area contributed by atoms with E-state index in [1.807, 2.05) is 48.6 Å². The van der Waals surface area contributed by atoms with Gasteiger partial charge in [-0.15, -0.1) is 11.8 Å². The molecular weight excluding hydrogens is 452 g/mol. The zero-order chi connectivity index (χ0) is 20.4. The second-order valence-corrected chi connectivity index (χ2v) is 8.97. The third-order valence-electron chi connectivity index (χ3n) is 5.10. The minimum atomic E-state index is -0.233. The fourth-order valence-electron chi connectivity index (χ4n) is 3.63. The first kappa shape index (κ1) is 19.9. The van der Waals surface area contributed by atoms with Gasteiger partial charge < -0.3 is 5.32 Å². The van der Waals surface area contributed by atoms with Gasteiger partial charge >= 0.3 is 0 Å². The number of hydrogen-bond acceptors (Lipinski definition) is 4. The molecule has 3 amide bonds. The quantitative estimate of drug-likeness (QED) is 0.392. The summed E-state index contributed by atoms with van der Waals surface area (Å²) in [7, 11) is 0. The molecule has 0 spiro atoms. The Morgan fingerprint density at radius 1 is 0.966 bits per heavy atom. The molecule has 4 rings (SSSR count). The Morgan fingerprint density at radius 3 is 2.14 bits per heavy atom. The van der Waals surface area contributed by atoms with Gasteiger partial charge in [0.25, 0.3) is 0 Å². The molecule has 5 nitrogen and oxygen atoms in total. The van der Waals surface area contributed by atoms with Gasteiger partial charge in [0.05, 0.1) is 23.3 Å². The van der Waals surface area contributed by atoms with E-state index in [9.17, 15) is 14.4 Å². The van der Waals surface area contributed by atoms with Crippen molar-refractivity contribution in [2.75, 3.05) is 16.0 Å². The molecule has 2 atom stereocenters. The second kappa shape index (κ2) is 8.55. The number of fused-ring (bicyclic) bond motifs is 1. The molecule has 0 unspecified atom stereocenters. The number of rotatable bonds is 5. The summed E-state index contributed by atoms with van der Waals surface area (Å²) in [5.41, 5.74) is 1.34. The molecule has 1 aliphatic carbocycles. The number of thioether (sulfide) groups is 1. The lowest BCUT2D eigenvalue weighted by molar-refractivity contribution is -0.122. The predicted molar refractivity (Wildman–Crippen MR) is 118 cm³/mol. The van der Waals surface area contributed by atoms with Crippen LogP contribution in [0.1, 0.15) is 12.8 Å². The van der Waals surface area contributed by atoms with E-state index in [1.165, 1.54) is 16.7 Å². The van der Waals surface area contributed by atoms with E-state index >= 15 is 0 Å². The third kappa shape index (κ3) is 4.31. The lowest BCUT2D eigenvalue weighted by atomic mass is 9.85. The van der Waals surface area contributed by atoms with Crippen LogP contribution in [-0.2, 0) is 14.4 Å². The summed E-state index contributed by atoms with van der Waals surface area (Å²) in [5, 5.41) is 2.85. The maximum atomic E-state index is 12.7. The van der Waals surface area contributed by atoms with Crippen molar-refractivity contribution in [2.45, 2.75) is 17.7 Å². The maximum Gasteiger partial charge on any atom is 0.238 e. The van der Waals surface area contributed by atoms with Gasteiger partial charge in [-0.1, -0.05) is 28.1 Å². The fraction of sp³-hybridized carbons (Fsp3) is 0.227. The monoisotopic (exact) mass is 470 g/mol. The number of benzene rings is 2. The smallest absolute Gasteiger partial charge is 0.238 e. The third-order valence-corrected chi connectivity index (χ3v) is 6.64. The molecule has 0 radical (unpaired) electrons. The number of halogens is 1. The molecule has 0 bridgehead atoms. The zero-order valence-corrected chi connectivity index (χ0v) is 17.9. The Kier molecular flexibility index (Phi) is 5.87. The van der Waals surface area contributed by atoms with Crippen LogP contribution in [0.15, 0.2) is 70.1 Å². The Morgan fingerprint density at radius 2 is 1.55 bits per heavy atom. The predicted octanol–water partition coefficient (Wildman–Crippen LogP) is 4.64. The number of carbonyl (C=O) groups excluding carboxylic acids is 3. The van der Waals surface area contributed by atoms with Crippen molar-refractivity contribution in [3.8, 4) is 0 Å². The molecule has 29 heavy (non-hydrogen) atoms.